The molecule has 0 aliphatic heterocycles. The molecule has 0 saturated carbocycles. The molecule has 1 atom stereocenters. The van der Waals surface area contributed by atoms with E-state index >= 15 is 0 Å². The second-order valence-corrected chi connectivity index (χ2v) is 4.30. The molecule has 14 heavy (non-hydrogen) atoms. The van der Waals surface area contributed by atoms with E-state index in [9.17, 15) is 0 Å². The lowest BCUT2D eigenvalue weighted by Gasteiger charge is -2.22. The quantitative estimate of drug-likeness (QED) is 0.772. The molecule has 0 spiro atoms. The molecule has 1 aromatic heterocycles. The Labute approximate surface area is 93.3 Å². The van der Waals surface area contributed by atoms with E-state index in [-0.39, 0.29) is 5.92 Å². The molecular weight excluding hydrogens is 216 g/mol. The lowest BCUT2D eigenvalue weighted by atomic mass is 10.2. The van der Waals surface area contributed by atoms with Crippen LogP contribution >= 0.6 is 23.8 Å². The van der Waals surface area contributed by atoms with E-state index in [0.717, 1.165) is 18.2 Å². The predicted molar refractivity (Wildman–Crippen MR) is 63.7 cm³/mol. The van der Waals surface area contributed by atoms with Crippen LogP contribution in [0, 0.1) is 5.92 Å². The molecule has 0 radical (unpaired) electrons. The summed E-state index contributed by atoms with van der Waals surface area (Å²) in [5, 5.41) is 0.926. The maximum atomic E-state index is 5.56. The molecular formula is C8H14N4S2. The van der Waals surface area contributed by atoms with Gasteiger partial charge < -0.3 is 10.6 Å². The number of hydrogen-bond donors (Lipinski definition) is 1. The van der Waals surface area contributed by atoms with Gasteiger partial charge >= 0.3 is 0 Å². The summed E-state index contributed by atoms with van der Waals surface area (Å²) < 4.78 is 3.97. The Morgan fingerprint density at radius 1 is 1.79 bits per heavy atom. The zero-order valence-corrected chi connectivity index (χ0v) is 9.94. The van der Waals surface area contributed by atoms with Gasteiger partial charge in [-0.25, -0.2) is 4.98 Å². The van der Waals surface area contributed by atoms with Gasteiger partial charge in [0.15, 0.2) is 0 Å². The summed E-state index contributed by atoms with van der Waals surface area (Å²) in [7, 11) is 0. The van der Waals surface area contributed by atoms with Crippen molar-refractivity contribution in [2.24, 2.45) is 11.7 Å². The number of anilines is 1. The van der Waals surface area contributed by atoms with Crippen molar-refractivity contribution >= 4 is 33.9 Å². The lowest BCUT2D eigenvalue weighted by Crippen LogP contribution is -2.33. The average molecular weight is 230 g/mol. The molecule has 1 unspecified atom stereocenters. The van der Waals surface area contributed by atoms with Crippen LogP contribution in [0.2, 0.25) is 0 Å². The largest absolute Gasteiger partial charge is 0.393 e. The standard InChI is InChI=1S/C8H14N4S2/c1-3-12(4-6(2)7(9)13)8-10-5-11-14-8/h5-6H,3-4H2,1-2H3,(H2,9,13). The van der Waals surface area contributed by atoms with Crippen LogP contribution in [0.5, 0.6) is 0 Å². The number of rotatable bonds is 5. The number of hydrogen-bond acceptors (Lipinski definition) is 5. The molecule has 1 heterocycles. The van der Waals surface area contributed by atoms with E-state index in [1.165, 1.54) is 11.5 Å². The van der Waals surface area contributed by atoms with E-state index in [1.54, 1.807) is 6.33 Å². The Bertz CT molecular complexity index is 286. The highest BCUT2D eigenvalue weighted by Gasteiger charge is 2.13. The zero-order valence-electron chi connectivity index (χ0n) is 8.30. The van der Waals surface area contributed by atoms with Crippen molar-refractivity contribution in [1.29, 1.82) is 0 Å². The van der Waals surface area contributed by atoms with Crippen LogP contribution < -0.4 is 10.6 Å². The highest BCUT2D eigenvalue weighted by atomic mass is 32.1. The van der Waals surface area contributed by atoms with Gasteiger partial charge in [0, 0.05) is 30.5 Å². The summed E-state index contributed by atoms with van der Waals surface area (Å²) in [6.45, 7) is 5.79. The fraction of sp³-hybridized carbons (Fsp3) is 0.625. The lowest BCUT2D eigenvalue weighted by molar-refractivity contribution is 0.706. The van der Waals surface area contributed by atoms with Gasteiger partial charge in [0.1, 0.15) is 6.33 Å². The molecule has 1 aromatic rings. The van der Waals surface area contributed by atoms with Gasteiger partial charge in [0.05, 0.1) is 4.99 Å². The van der Waals surface area contributed by atoms with E-state index in [1.807, 2.05) is 6.92 Å². The summed E-state index contributed by atoms with van der Waals surface area (Å²) >= 11 is 6.32. The number of aromatic nitrogens is 2. The maximum absolute atomic E-state index is 5.56. The van der Waals surface area contributed by atoms with E-state index in [4.69, 9.17) is 18.0 Å². The van der Waals surface area contributed by atoms with Crippen molar-refractivity contribution in [1.82, 2.24) is 9.36 Å². The minimum absolute atomic E-state index is 0.203. The first-order chi connectivity index (χ1) is 6.65. The third-order valence-electron chi connectivity index (χ3n) is 1.98. The topological polar surface area (TPSA) is 55.0 Å². The summed E-state index contributed by atoms with van der Waals surface area (Å²) in [5.74, 6) is 0.203. The van der Waals surface area contributed by atoms with Crippen LogP contribution in [0.3, 0.4) is 0 Å². The Morgan fingerprint density at radius 2 is 2.50 bits per heavy atom. The Morgan fingerprint density at radius 3 is 2.93 bits per heavy atom. The van der Waals surface area contributed by atoms with Crippen LogP contribution in [0.1, 0.15) is 13.8 Å². The molecule has 78 valence electrons. The first kappa shape index (κ1) is 11.3. The van der Waals surface area contributed by atoms with Crippen molar-refractivity contribution in [3.8, 4) is 0 Å². The third kappa shape index (κ3) is 2.88. The zero-order chi connectivity index (χ0) is 10.6. The SMILES string of the molecule is CCN(CC(C)C(N)=S)c1ncns1. The van der Waals surface area contributed by atoms with Gasteiger partial charge in [0.25, 0.3) is 0 Å². The van der Waals surface area contributed by atoms with E-state index < -0.39 is 0 Å². The molecule has 0 aliphatic rings. The van der Waals surface area contributed by atoms with Crippen LogP contribution in [0.4, 0.5) is 5.13 Å². The van der Waals surface area contributed by atoms with Gasteiger partial charge in [-0.2, -0.15) is 4.37 Å². The highest BCUT2D eigenvalue weighted by molar-refractivity contribution is 7.80. The molecule has 0 aromatic carbocycles. The predicted octanol–water partition coefficient (Wildman–Crippen LogP) is 1.29. The molecule has 0 saturated heterocycles. The van der Waals surface area contributed by atoms with E-state index in [0.29, 0.717) is 4.99 Å². The maximum Gasteiger partial charge on any atom is 0.204 e. The van der Waals surface area contributed by atoms with Gasteiger partial charge in [-0.3, -0.25) is 0 Å². The molecule has 6 heteroatoms. The smallest absolute Gasteiger partial charge is 0.204 e. The van der Waals surface area contributed by atoms with Crippen molar-refractivity contribution in [3.05, 3.63) is 6.33 Å². The minimum Gasteiger partial charge on any atom is -0.393 e. The average Bonchev–Trinajstić information content (AvgIpc) is 2.66. The van der Waals surface area contributed by atoms with Crippen molar-refractivity contribution in [3.63, 3.8) is 0 Å². The normalized spacial score (nSPS) is 12.4. The molecule has 0 amide bonds. The van der Waals surface area contributed by atoms with Gasteiger partial charge in [-0.05, 0) is 6.92 Å². The number of nitrogens with two attached hydrogens (primary N) is 1. The van der Waals surface area contributed by atoms with Crippen molar-refractivity contribution < 1.29 is 0 Å². The molecule has 1 rings (SSSR count). The molecule has 0 fully saturated rings. The minimum atomic E-state index is 0.203. The van der Waals surface area contributed by atoms with E-state index in [2.05, 4.69) is 21.2 Å². The van der Waals surface area contributed by atoms with Gasteiger partial charge in [-0.1, -0.05) is 19.1 Å². The summed E-state index contributed by atoms with van der Waals surface area (Å²) in [5.41, 5.74) is 5.56. The van der Waals surface area contributed by atoms with Gasteiger partial charge in [-0.15, -0.1) is 0 Å². The Hall–Kier alpha value is -0.750. The number of nitrogens with zero attached hydrogens (tertiary/aromatic N) is 3. The summed E-state index contributed by atoms with van der Waals surface area (Å²) in [4.78, 5) is 6.82. The third-order valence-corrected chi connectivity index (χ3v) is 3.11. The van der Waals surface area contributed by atoms with Crippen LogP contribution in [-0.2, 0) is 0 Å². The highest BCUT2D eigenvalue weighted by Crippen LogP contribution is 2.15. The van der Waals surface area contributed by atoms with Crippen LogP contribution in [-0.4, -0.2) is 27.4 Å². The molecule has 0 bridgehead atoms. The molecule has 4 nitrogen and oxygen atoms in total. The fourth-order valence-corrected chi connectivity index (χ4v) is 1.75. The first-order valence-corrected chi connectivity index (χ1v) is 5.64. The second-order valence-electron chi connectivity index (χ2n) is 3.07. The number of thiocarbonyl (C=S) groups is 1. The Kier molecular flexibility index (Phi) is 4.21. The van der Waals surface area contributed by atoms with Gasteiger partial charge in [0.2, 0.25) is 5.13 Å². The summed E-state index contributed by atoms with van der Waals surface area (Å²) in [6, 6.07) is 0. The summed E-state index contributed by atoms with van der Waals surface area (Å²) in [6.07, 6.45) is 1.56. The second kappa shape index (κ2) is 5.21. The van der Waals surface area contributed by atoms with Crippen molar-refractivity contribution in [2.75, 3.05) is 18.0 Å². The first-order valence-electron chi connectivity index (χ1n) is 4.46. The fourth-order valence-electron chi connectivity index (χ4n) is 1.07. The van der Waals surface area contributed by atoms with Crippen LogP contribution in [0.25, 0.3) is 0 Å². The van der Waals surface area contributed by atoms with Crippen LogP contribution in [0.15, 0.2) is 6.33 Å². The molecule has 0 aliphatic carbocycles. The Balaban J connectivity index is 2.60. The molecule has 2 N–H and O–H groups in total. The monoisotopic (exact) mass is 230 g/mol. The van der Waals surface area contributed by atoms with Crippen molar-refractivity contribution in [2.45, 2.75) is 13.8 Å².